The lowest BCUT2D eigenvalue weighted by atomic mass is 9.90. The highest BCUT2D eigenvalue weighted by molar-refractivity contribution is 6.51. The maximum absolute atomic E-state index is 10.7. The van der Waals surface area contributed by atoms with Crippen LogP contribution in [0, 0.1) is 0 Å². The second-order valence-electron chi connectivity index (χ2n) is 6.44. The van der Waals surface area contributed by atoms with Gasteiger partial charge in [0.15, 0.2) is 0 Å². The molecule has 0 aromatic rings. The highest BCUT2D eigenvalue weighted by Gasteiger charge is 2.49. The van der Waals surface area contributed by atoms with E-state index in [4.69, 9.17) is 14.4 Å². The van der Waals surface area contributed by atoms with Crippen molar-refractivity contribution < 1.29 is 19.2 Å². The normalized spacial score (nSPS) is 22.6. The van der Waals surface area contributed by atoms with Gasteiger partial charge in [0.25, 0.3) is 0 Å². The van der Waals surface area contributed by atoms with Crippen LogP contribution in [0.2, 0.25) is 0 Å². The first-order chi connectivity index (χ1) is 9.05. The zero-order valence-electron chi connectivity index (χ0n) is 13.3. The molecule has 1 fully saturated rings. The van der Waals surface area contributed by atoms with Gasteiger partial charge < -0.3 is 14.4 Å². The van der Waals surface area contributed by atoms with Gasteiger partial charge in [-0.05, 0) is 41.7 Å². The maximum Gasteiger partial charge on any atom is 0.486 e. The van der Waals surface area contributed by atoms with Crippen LogP contribution >= 0.6 is 0 Å². The number of rotatable bonds is 6. The summed E-state index contributed by atoms with van der Waals surface area (Å²) in [5.41, 5.74) is -0.658. The summed E-state index contributed by atoms with van der Waals surface area (Å²) in [5, 5.41) is 8.76. The van der Waals surface area contributed by atoms with Crippen LogP contribution in [0.15, 0.2) is 12.1 Å². The monoisotopic (exact) mass is 283 g/mol. The van der Waals surface area contributed by atoms with Crippen LogP contribution < -0.4 is 0 Å². The first-order valence-electron chi connectivity index (χ1n) is 6.99. The third kappa shape index (κ3) is 4.33. The molecule has 0 aromatic carbocycles. The van der Waals surface area contributed by atoms with Gasteiger partial charge in [0.2, 0.25) is 0 Å². The van der Waals surface area contributed by atoms with Crippen LogP contribution in [0.3, 0.4) is 0 Å². The second kappa shape index (κ2) is 6.29. The van der Waals surface area contributed by atoms with Crippen LogP contribution in [-0.4, -0.2) is 53.9 Å². The lowest BCUT2D eigenvalue weighted by molar-refractivity contribution is -0.138. The van der Waals surface area contributed by atoms with Crippen molar-refractivity contribution in [3.05, 3.63) is 12.1 Å². The number of carboxylic acid groups (broad SMARTS) is 1. The predicted octanol–water partition coefficient (Wildman–Crippen LogP) is 1.97. The van der Waals surface area contributed by atoms with Gasteiger partial charge >= 0.3 is 13.1 Å². The number of hydrogen-bond acceptors (Lipinski definition) is 4. The van der Waals surface area contributed by atoms with E-state index in [1.165, 1.54) is 0 Å². The van der Waals surface area contributed by atoms with Crippen molar-refractivity contribution in [2.45, 2.75) is 58.3 Å². The summed E-state index contributed by atoms with van der Waals surface area (Å²) in [4.78, 5) is 12.6. The number of likely N-dealkylation sites (N-methyl/N-ethyl adjacent to an activating group) is 1. The van der Waals surface area contributed by atoms with Crippen molar-refractivity contribution in [1.29, 1.82) is 0 Å². The molecular weight excluding hydrogens is 257 g/mol. The Morgan fingerprint density at radius 3 is 2.25 bits per heavy atom. The fourth-order valence-corrected chi connectivity index (χ4v) is 1.89. The standard InChI is InChI=1S/C14H26BNO4/c1-11(10-12(17)18)16(6)9-7-8-15-19-13(2,3)14(4,5)20-15/h7-8,11H,9-10H2,1-6H3,(H,17,18)/b8-7+/t11-/m1/s1. The van der Waals surface area contributed by atoms with Crippen LogP contribution in [0.5, 0.6) is 0 Å². The van der Waals surface area contributed by atoms with Crippen molar-refractivity contribution >= 4 is 13.1 Å². The second-order valence-corrected chi connectivity index (χ2v) is 6.44. The molecule has 1 rings (SSSR count). The Balaban J connectivity index is 2.45. The van der Waals surface area contributed by atoms with E-state index in [0.29, 0.717) is 6.54 Å². The van der Waals surface area contributed by atoms with Gasteiger partial charge in [-0.3, -0.25) is 9.69 Å². The molecule has 0 saturated carbocycles. The molecule has 1 heterocycles. The molecule has 0 unspecified atom stereocenters. The third-order valence-corrected chi connectivity index (χ3v) is 4.18. The largest absolute Gasteiger partial charge is 0.486 e. The molecule has 6 heteroatoms. The van der Waals surface area contributed by atoms with Gasteiger partial charge in [0, 0.05) is 12.6 Å². The first-order valence-corrected chi connectivity index (χ1v) is 6.99. The van der Waals surface area contributed by atoms with Crippen LogP contribution in [-0.2, 0) is 14.1 Å². The van der Waals surface area contributed by atoms with Gasteiger partial charge in [0.05, 0.1) is 17.6 Å². The maximum atomic E-state index is 10.7. The Hall–Kier alpha value is -0.845. The van der Waals surface area contributed by atoms with Gasteiger partial charge in [0.1, 0.15) is 0 Å². The number of carbonyl (C=O) groups is 1. The molecular formula is C14H26BNO4. The molecule has 0 bridgehead atoms. The Morgan fingerprint density at radius 2 is 1.80 bits per heavy atom. The zero-order chi connectivity index (χ0) is 15.6. The molecule has 0 amide bonds. The number of hydrogen-bond donors (Lipinski definition) is 1. The van der Waals surface area contributed by atoms with Crippen molar-refractivity contribution in [3.63, 3.8) is 0 Å². The van der Waals surface area contributed by atoms with Gasteiger partial charge in [-0.2, -0.15) is 0 Å². The fraction of sp³-hybridized carbons (Fsp3) is 0.786. The van der Waals surface area contributed by atoms with Crippen LogP contribution in [0.25, 0.3) is 0 Å². The smallest absolute Gasteiger partial charge is 0.481 e. The molecule has 114 valence electrons. The minimum atomic E-state index is -0.778. The predicted molar refractivity (Wildman–Crippen MR) is 79.6 cm³/mol. The van der Waals surface area contributed by atoms with E-state index in [9.17, 15) is 4.79 Å². The number of aliphatic carboxylic acids is 1. The minimum Gasteiger partial charge on any atom is -0.481 e. The molecule has 20 heavy (non-hydrogen) atoms. The summed E-state index contributed by atoms with van der Waals surface area (Å²) in [6.45, 7) is 10.6. The third-order valence-electron chi connectivity index (χ3n) is 4.18. The van der Waals surface area contributed by atoms with E-state index >= 15 is 0 Å². The molecule has 0 aliphatic carbocycles. The number of carboxylic acids is 1. The summed E-state index contributed by atoms with van der Waals surface area (Å²) in [6, 6.07) is -0.00422. The molecule has 5 nitrogen and oxygen atoms in total. The molecule has 0 aromatic heterocycles. The Kier molecular flexibility index (Phi) is 5.41. The first kappa shape index (κ1) is 17.2. The average Bonchev–Trinajstić information content (AvgIpc) is 2.46. The molecule has 1 aliphatic heterocycles. The van der Waals surface area contributed by atoms with E-state index in [1.54, 1.807) is 0 Å². The van der Waals surface area contributed by atoms with Gasteiger partial charge in [-0.25, -0.2) is 0 Å². The fourth-order valence-electron chi connectivity index (χ4n) is 1.89. The SMILES string of the molecule is C[C@H](CC(=O)O)N(C)C/C=C/B1OC(C)(C)C(C)(C)O1. The minimum absolute atomic E-state index is 0.00422. The van der Waals surface area contributed by atoms with E-state index < -0.39 is 5.97 Å². The van der Waals surface area contributed by atoms with Gasteiger partial charge in [-0.1, -0.05) is 12.1 Å². The lowest BCUT2D eigenvalue weighted by Crippen LogP contribution is -2.41. The van der Waals surface area contributed by atoms with Crippen LogP contribution in [0.1, 0.15) is 41.0 Å². The molecule has 1 N–H and O–H groups in total. The summed E-state index contributed by atoms with van der Waals surface area (Å²) < 4.78 is 11.7. The van der Waals surface area contributed by atoms with E-state index in [0.717, 1.165) is 0 Å². The summed E-state index contributed by atoms with van der Waals surface area (Å²) >= 11 is 0. The van der Waals surface area contributed by atoms with Gasteiger partial charge in [-0.15, -0.1) is 0 Å². The molecule has 1 aliphatic rings. The quantitative estimate of drug-likeness (QED) is 0.755. The Labute approximate surface area is 122 Å². The summed E-state index contributed by atoms with van der Waals surface area (Å²) in [5.74, 6) is 1.11. The zero-order valence-corrected chi connectivity index (χ0v) is 13.3. The Bertz CT molecular complexity index is 365. The van der Waals surface area contributed by atoms with Crippen molar-refractivity contribution in [3.8, 4) is 0 Å². The van der Waals surface area contributed by atoms with Crippen molar-refractivity contribution in [2.75, 3.05) is 13.6 Å². The van der Waals surface area contributed by atoms with E-state index in [1.807, 2.05) is 58.6 Å². The van der Waals surface area contributed by atoms with Crippen LogP contribution in [0.4, 0.5) is 0 Å². The molecule has 1 atom stereocenters. The molecule has 0 radical (unpaired) electrons. The molecule has 0 spiro atoms. The molecule has 1 saturated heterocycles. The average molecular weight is 283 g/mol. The lowest BCUT2D eigenvalue weighted by Gasteiger charge is -2.32. The van der Waals surface area contributed by atoms with Crippen molar-refractivity contribution in [2.24, 2.45) is 0 Å². The van der Waals surface area contributed by atoms with E-state index in [2.05, 4.69) is 0 Å². The van der Waals surface area contributed by atoms with Crippen molar-refractivity contribution in [1.82, 2.24) is 4.90 Å². The highest BCUT2D eigenvalue weighted by atomic mass is 16.7. The highest BCUT2D eigenvalue weighted by Crippen LogP contribution is 2.36. The Morgan fingerprint density at radius 1 is 1.30 bits per heavy atom. The summed E-state index contributed by atoms with van der Waals surface area (Å²) in [6.07, 6.45) is 2.10. The topological polar surface area (TPSA) is 59.0 Å². The van der Waals surface area contributed by atoms with E-state index in [-0.39, 0.29) is 30.8 Å². The number of nitrogens with zero attached hydrogens (tertiary/aromatic N) is 1. The summed E-state index contributed by atoms with van der Waals surface area (Å²) in [7, 11) is 1.56.